The second kappa shape index (κ2) is 9.24. The highest BCUT2D eigenvalue weighted by atomic mass is 16.5. The van der Waals surface area contributed by atoms with Crippen molar-refractivity contribution in [3.8, 4) is 5.75 Å². The summed E-state index contributed by atoms with van der Waals surface area (Å²) in [7, 11) is 1.69. The van der Waals surface area contributed by atoms with Crippen LogP contribution in [0.4, 0.5) is 5.69 Å². The Hall–Kier alpha value is -1.79. The minimum Gasteiger partial charge on any atom is -0.497 e. The first-order chi connectivity index (χ1) is 12.7. The molecular formula is C20H32N4O2. The average Bonchev–Trinajstić information content (AvgIpc) is 2.69. The fourth-order valence-electron chi connectivity index (χ4n) is 3.83. The molecule has 0 unspecified atom stereocenters. The Bertz CT molecular complexity index is 562. The summed E-state index contributed by atoms with van der Waals surface area (Å²) >= 11 is 0. The van der Waals surface area contributed by atoms with E-state index in [9.17, 15) is 4.79 Å². The summed E-state index contributed by atoms with van der Waals surface area (Å²) in [6.07, 6.45) is 2.15. The molecule has 6 nitrogen and oxygen atoms in total. The average molecular weight is 361 g/mol. The first-order valence-electron chi connectivity index (χ1n) is 9.81. The fraction of sp³-hybridized carbons (Fsp3) is 0.650. The first kappa shape index (κ1) is 19.0. The minimum atomic E-state index is 0.179. The molecule has 26 heavy (non-hydrogen) atoms. The highest BCUT2D eigenvalue weighted by molar-refractivity contribution is 5.78. The highest BCUT2D eigenvalue weighted by Crippen LogP contribution is 2.20. The molecule has 0 saturated carbocycles. The predicted molar refractivity (Wildman–Crippen MR) is 105 cm³/mol. The van der Waals surface area contributed by atoms with Gasteiger partial charge in [-0.25, -0.2) is 0 Å². The number of nitrogens with one attached hydrogen (secondary N) is 1. The maximum absolute atomic E-state index is 12.4. The van der Waals surface area contributed by atoms with Gasteiger partial charge in [0.25, 0.3) is 0 Å². The first-order valence-corrected chi connectivity index (χ1v) is 9.81. The highest BCUT2D eigenvalue weighted by Gasteiger charge is 2.22. The summed E-state index contributed by atoms with van der Waals surface area (Å²) in [5.41, 5.74) is 1.22. The number of ether oxygens (including phenoxy) is 1. The summed E-state index contributed by atoms with van der Waals surface area (Å²) in [6, 6.07) is 8.55. The lowest BCUT2D eigenvalue weighted by Crippen LogP contribution is -2.51. The molecule has 1 N–H and O–H groups in total. The zero-order valence-corrected chi connectivity index (χ0v) is 16.1. The third-order valence-electron chi connectivity index (χ3n) is 5.58. The van der Waals surface area contributed by atoms with Gasteiger partial charge in [-0.3, -0.25) is 9.69 Å². The second-order valence-electron chi connectivity index (χ2n) is 7.24. The van der Waals surface area contributed by atoms with Gasteiger partial charge < -0.3 is 19.9 Å². The number of hydrogen-bond donors (Lipinski definition) is 1. The third-order valence-corrected chi connectivity index (χ3v) is 5.58. The van der Waals surface area contributed by atoms with Gasteiger partial charge in [0.15, 0.2) is 0 Å². The molecule has 2 heterocycles. The van der Waals surface area contributed by atoms with E-state index in [4.69, 9.17) is 4.74 Å². The Balaban J connectivity index is 1.38. The van der Waals surface area contributed by atoms with E-state index in [1.54, 1.807) is 7.11 Å². The van der Waals surface area contributed by atoms with Crippen LogP contribution in [0.2, 0.25) is 0 Å². The molecule has 2 saturated heterocycles. The monoisotopic (exact) mass is 360 g/mol. The Kier molecular flexibility index (Phi) is 6.74. The molecule has 0 radical (unpaired) electrons. The molecule has 0 aliphatic carbocycles. The van der Waals surface area contributed by atoms with Crippen molar-refractivity contribution in [3.63, 3.8) is 0 Å². The van der Waals surface area contributed by atoms with Crippen molar-refractivity contribution in [1.29, 1.82) is 0 Å². The number of amides is 1. The Morgan fingerprint density at radius 3 is 2.27 bits per heavy atom. The molecule has 1 aromatic carbocycles. The Morgan fingerprint density at radius 2 is 1.69 bits per heavy atom. The normalized spacial score (nSPS) is 20.2. The van der Waals surface area contributed by atoms with Crippen LogP contribution in [0.5, 0.6) is 5.75 Å². The topological polar surface area (TPSA) is 48.1 Å². The fourth-order valence-corrected chi connectivity index (χ4v) is 3.83. The van der Waals surface area contributed by atoms with Crippen LogP contribution in [-0.4, -0.2) is 81.2 Å². The number of carbonyl (C=O) groups excluding carboxylic acids is 1. The molecule has 0 bridgehead atoms. The number of carbonyl (C=O) groups is 1. The summed E-state index contributed by atoms with van der Waals surface area (Å²) in [6.45, 7) is 9.78. The van der Waals surface area contributed by atoms with Gasteiger partial charge in [-0.15, -0.1) is 0 Å². The van der Waals surface area contributed by atoms with Crippen molar-refractivity contribution in [2.75, 3.05) is 64.4 Å². The van der Waals surface area contributed by atoms with E-state index >= 15 is 0 Å². The number of rotatable bonds is 6. The van der Waals surface area contributed by atoms with E-state index in [2.05, 4.69) is 39.1 Å². The number of piperidine rings is 1. The zero-order chi connectivity index (χ0) is 18.4. The molecule has 1 amide bonds. The van der Waals surface area contributed by atoms with Gasteiger partial charge in [0.05, 0.1) is 13.7 Å². The molecule has 2 aliphatic heterocycles. The molecule has 0 atom stereocenters. The molecule has 2 fully saturated rings. The van der Waals surface area contributed by atoms with E-state index in [0.29, 0.717) is 12.6 Å². The third kappa shape index (κ3) is 5.11. The number of anilines is 1. The maximum Gasteiger partial charge on any atom is 0.234 e. The number of likely N-dealkylation sites (tertiary alicyclic amines) is 1. The van der Waals surface area contributed by atoms with Gasteiger partial charge in [0.2, 0.25) is 5.91 Å². The molecule has 3 rings (SSSR count). The lowest BCUT2D eigenvalue weighted by molar-refractivity contribution is -0.123. The standard InChI is InChI=1S/C20H32N4O2/c1-3-22-10-8-17(9-11-22)21-20(25)16-23-12-14-24(15-13-23)18-4-6-19(26-2)7-5-18/h4-7,17H,3,8-16H2,1-2H3,(H,21,25). The number of piperazine rings is 1. The molecule has 0 aromatic heterocycles. The van der Waals surface area contributed by atoms with Crippen LogP contribution in [-0.2, 0) is 4.79 Å². The van der Waals surface area contributed by atoms with Gasteiger partial charge in [-0.2, -0.15) is 0 Å². The second-order valence-corrected chi connectivity index (χ2v) is 7.24. The van der Waals surface area contributed by atoms with Gasteiger partial charge in [-0.1, -0.05) is 6.92 Å². The van der Waals surface area contributed by atoms with Gasteiger partial charge in [0, 0.05) is 51.0 Å². The van der Waals surface area contributed by atoms with E-state index in [0.717, 1.165) is 64.4 Å². The predicted octanol–water partition coefficient (Wildman–Crippen LogP) is 1.42. The van der Waals surface area contributed by atoms with Gasteiger partial charge in [-0.05, 0) is 43.7 Å². The Morgan fingerprint density at radius 1 is 1.04 bits per heavy atom. The van der Waals surface area contributed by atoms with Crippen molar-refractivity contribution < 1.29 is 9.53 Å². The summed E-state index contributed by atoms with van der Waals surface area (Å²) < 4.78 is 5.22. The van der Waals surface area contributed by atoms with Crippen LogP contribution >= 0.6 is 0 Å². The van der Waals surface area contributed by atoms with Crippen molar-refractivity contribution in [3.05, 3.63) is 24.3 Å². The van der Waals surface area contributed by atoms with E-state index in [1.807, 2.05) is 12.1 Å². The van der Waals surface area contributed by atoms with Crippen LogP contribution in [0.25, 0.3) is 0 Å². The van der Waals surface area contributed by atoms with E-state index in [1.165, 1.54) is 5.69 Å². The SMILES string of the molecule is CCN1CCC(NC(=O)CN2CCN(c3ccc(OC)cc3)CC2)CC1. The van der Waals surface area contributed by atoms with Crippen molar-refractivity contribution in [2.45, 2.75) is 25.8 Å². The Labute approximate surface area is 157 Å². The minimum absolute atomic E-state index is 0.179. The number of benzene rings is 1. The molecule has 6 heteroatoms. The van der Waals surface area contributed by atoms with Crippen LogP contribution < -0.4 is 15.0 Å². The molecule has 1 aromatic rings. The van der Waals surface area contributed by atoms with Crippen molar-refractivity contribution in [1.82, 2.24) is 15.1 Å². The molecule has 0 spiro atoms. The summed E-state index contributed by atoms with van der Waals surface area (Å²) in [5.74, 6) is 1.06. The van der Waals surface area contributed by atoms with E-state index < -0.39 is 0 Å². The van der Waals surface area contributed by atoms with Crippen molar-refractivity contribution in [2.24, 2.45) is 0 Å². The van der Waals surface area contributed by atoms with E-state index in [-0.39, 0.29) is 5.91 Å². The van der Waals surface area contributed by atoms with Crippen LogP contribution in [0, 0.1) is 0 Å². The molecule has 2 aliphatic rings. The molecule has 144 valence electrons. The summed E-state index contributed by atoms with van der Waals surface area (Å²) in [5, 5.41) is 3.23. The molecular weight excluding hydrogens is 328 g/mol. The number of nitrogens with zero attached hydrogens (tertiary/aromatic N) is 3. The quantitative estimate of drug-likeness (QED) is 0.831. The van der Waals surface area contributed by atoms with Gasteiger partial charge >= 0.3 is 0 Å². The zero-order valence-electron chi connectivity index (χ0n) is 16.1. The van der Waals surface area contributed by atoms with Crippen LogP contribution in [0.3, 0.4) is 0 Å². The van der Waals surface area contributed by atoms with Crippen molar-refractivity contribution >= 4 is 11.6 Å². The number of methoxy groups -OCH3 is 1. The maximum atomic E-state index is 12.4. The largest absolute Gasteiger partial charge is 0.497 e. The summed E-state index contributed by atoms with van der Waals surface area (Å²) in [4.78, 5) is 19.4. The lowest BCUT2D eigenvalue weighted by atomic mass is 10.1. The lowest BCUT2D eigenvalue weighted by Gasteiger charge is -2.36. The van der Waals surface area contributed by atoms with Gasteiger partial charge in [0.1, 0.15) is 5.75 Å². The van der Waals surface area contributed by atoms with Crippen LogP contribution in [0.1, 0.15) is 19.8 Å². The number of hydrogen-bond acceptors (Lipinski definition) is 5. The van der Waals surface area contributed by atoms with Crippen LogP contribution in [0.15, 0.2) is 24.3 Å². The smallest absolute Gasteiger partial charge is 0.234 e.